The Labute approximate surface area is 142 Å². The number of hydrogen-bond donors (Lipinski definition) is 1. The van der Waals surface area contributed by atoms with Crippen molar-refractivity contribution in [3.63, 3.8) is 0 Å². The fourth-order valence-electron chi connectivity index (χ4n) is 3.71. The molecule has 120 valence electrons. The predicted molar refractivity (Wildman–Crippen MR) is 90.5 cm³/mol. The lowest BCUT2D eigenvalue weighted by atomic mass is 10.1. The van der Waals surface area contributed by atoms with E-state index in [1.807, 2.05) is 6.07 Å². The number of halogens is 2. The van der Waals surface area contributed by atoms with Gasteiger partial charge >= 0.3 is 0 Å². The SMILES string of the molecule is O=C(Cc1ccc(Cl)c(Cl)c1)N[C@@H]1CCC[C@@H]1N1CCCC1. The van der Waals surface area contributed by atoms with Crippen molar-refractivity contribution in [3.05, 3.63) is 33.8 Å². The molecule has 1 saturated carbocycles. The average molecular weight is 341 g/mol. The Hall–Kier alpha value is -0.770. The van der Waals surface area contributed by atoms with E-state index in [0.717, 1.165) is 12.0 Å². The van der Waals surface area contributed by atoms with Crippen LogP contribution in [0.4, 0.5) is 0 Å². The Morgan fingerprint density at radius 3 is 2.64 bits per heavy atom. The first-order valence-electron chi connectivity index (χ1n) is 8.11. The number of amides is 1. The van der Waals surface area contributed by atoms with Gasteiger partial charge in [0.15, 0.2) is 0 Å². The maximum Gasteiger partial charge on any atom is 0.224 e. The summed E-state index contributed by atoms with van der Waals surface area (Å²) in [5.74, 6) is 0.0782. The van der Waals surface area contributed by atoms with E-state index >= 15 is 0 Å². The van der Waals surface area contributed by atoms with Gasteiger partial charge in [0.1, 0.15) is 0 Å². The highest BCUT2D eigenvalue weighted by Gasteiger charge is 2.34. The van der Waals surface area contributed by atoms with Crippen molar-refractivity contribution in [2.75, 3.05) is 13.1 Å². The van der Waals surface area contributed by atoms with E-state index in [1.165, 1.54) is 38.8 Å². The van der Waals surface area contributed by atoms with Gasteiger partial charge in [0, 0.05) is 12.1 Å². The zero-order valence-corrected chi connectivity index (χ0v) is 14.2. The van der Waals surface area contributed by atoms with Gasteiger partial charge < -0.3 is 5.32 Å². The molecule has 3 nitrogen and oxygen atoms in total. The van der Waals surface area contributed by atoms with Gasteiger partial charge in [-0.1, -0.05) is 29.3 Å². The molecule has 0 spiro atoms. The van der Waals surface area contributed by atoms with Crippen LogP contribution in [0.25, 0.3) is 0 Å². The Kier molecular flexibility index (Phi) is 5.27. The summed E-state index contributed by atoms with van der Waals surface area (Å²) in [5, 5.41) is 4.26. The van der Waals surface area contributed by atoms with E-state index in [9.17, 15) is 4.79 Å². The number of likely N-dealkylation sites (tertiary alicyclic amines) is 1. The lowest BCUT2D eigenvalue weighted by Gasteiger charge is -2.29. The fourth-order valence-corrected chi connectivity index (χ4v) is 4.03. The predicted octanol–water partition coefficient (Wildman–Crippen LogP) is 3.67. The second kappa shape index (κ2) is 7.20. The molecule has 5 heteroatoms. The smallest absolute Gasteiger partial charge is 0.224 e. The summed E-state index contributed by atoms with van der Waals surface area (Å²) in [4.78, 5) is 14.9. The number of nitrogens with zero attached hydrogens (tertiary/aromatic N) is 1. The first kappa shape index (κ1) is 16.1. The van der Waals surface area contributed by atoms with Gasteiger partial charge in [-0.2, -0.15) is 0 Å². The third-order valence-corrected chi connectivity index (χ3v) is 5.52. The van der Waals surface area contributed by atoms with Gasteiger partial charge in [-0.3, -0.25) is 9.69 Å². The van der Waals surface area contributed by atoms with Crippen LogP contribution in [0.3, 0.4) is 0 Å². The van der Waals surface area contributed by atoms with Crippen molar-refractivity contribution >= 4 is 29.1 Å². The fraction of sp³-hybridized carbons (Fsp3) is 0.588. The zero-order chi connectivity index (χ0) is 15.5. The highest BCUT2D eigenvalue weighted by atomic mass is 35.5. The summed E-state index contributed by atoms with van der Waals surface area (Å²) in [7, 11) is 0. The average Bonchev–Trinajstić information content (AvgIpc) is 3.13. The monoisotopic (exact) mass is 340 g/mol. The molecule has 1 aliphatic carbocycles. The molecule has 2 atom stereocenters. The summed E-state index contributed by atoms with van der Waals surface area (Å²) in [6.45, 7) is 2.37. The van der Waals surface area contributed by atoms with Crippen molar-refractivity contribution in [3.8, 4) is 0 Å². The number of nitrogens with one attached hydrogen (secondary N) is 1. The van der Waals surface area contributed by atoms with E-state index in [2.05, 4.69) is 10.2 Å². The minimum Gasteiger partial charge on any atom is -0.352 e. The topological polar surface area (TPSA) is 32.3 Å². The van der Waals surface area contributed by atoms with Crippen molar-refractivity contribution in [1.29, 1.82) is 0 Å². The third-order valence-electron chi connectivity index (χ3n) is 4.78. The highest BCUT2D eigenvalue weighted by molar-refractivity contribution is 6.42. The number of benzene rings is 1. The molecule has 1 aromatic rings. The summed E-state index contributed by atoms with van der Waals surface area (Å²) < 4.78 is 0. The van der Waals surface area contributed by atoms with Crippen LogP contribution in [-0.4, -0.2) is 36.0 Å². The van der Waals surface area contributed by atoms with E-state index < -0.39 is 0 Å². The third kappa shape index (κ3) is 3.76. The maximum atomic E-state index is 12.3. The Bertz CT molecular complexity index is 543. The summed E-state index contributed by atoms with van der Waals surface area (Å²) in [5.41, 5.74) is 0.905. The minimum absolute atomic E-state index is 0.0782. The molecule has 2 fully saturated rings. The maximum absolute atomic E-state index is 12.3. The van der Waals surface area contributed by atoms with Gasteiger partial charge in [0.25, 0.3) is 0 Å². The lowest BCUT2D eigenvalue weighted by Crippen LogP contribution is -2.48. The Morgan fingerprint density at radius 1 is 1.14 bits per heavy atom. The van der Waals surface area contributed by atoms with Crippen LogP contribution in [0.2, 0.25) is 10.0 Å². The lowest BCUT2D eigenvalue weighted by molar-refractivity contribution is -0.121. The van der Waals surface area contributed by atoms with Crippen molar-refractivity contribution in [2.24, 2.45) is 0 Å². The molecule has 1 N–H and O–H groups in total. The molecule has 0 aromatic heterocycles. The molecule has 1 amide bonds. The zero-order valence-electron chi connectivity index (χ0n) is 12.7. The van der Waals surface area contributed by atoms with Gasteiger partial charge in [-0.05, 0) is 62.9 Å². The largest absolute Gasteiger partial charge is 0.352 e. The van der Waals surface area contributed by atoms with Crippen LogP contribution in [0.15, 0.2) is 18.2 Å². The highest BCUT2D eigenvalue weighted by Crippen LogP contribution is 2.27. The molecule has 1 aromatic carbocycles. The molecule has 1 saturated heterocycles. The van der Waals surface area contributed by atoms with Crippen LogP contribution in [0.5, 0.6) is 0 Å². The molecule has 0 unspecified atom stereocenters. The minimum atomic E-state index is 0.0782. The summed E-state index contributed by atoms with van der Waals surface area (Å²) >= 11 is 11.9. The van der Waals surface area contributed by atoms with Crippen LogP contribution in [0.1, 0.15) is 37.7 Å². The molecular formula is C17H22Cl2N2O. The van der Waals surface area contributed by atoms with Crippen LogP contribution < -0.4 is 5.32 Å². The normalized spacial score (nSPS) is 25.5. The van der Waals surface area contributed by atoms with Crippen LogP contribution in [-0.2, 0) is 11.2 Å². The second-order valence-corrected chi connectivity index (χ2v) is 7.15. The number of carbonyl (C=O) groups is 1. The van der Waals surface area contributed by atoms with Gasteiger partial charge in [0.05, 0.1) is 16.5 Å². The molecular weight excluding hydrogens is 319 g/mol. The Morgan fingerprint density at radius 2 is 1.91 bits per heavy atom. The first-order valence-corrected chi connectivity index (χ1v) is 8.86. The molecule has 22 heavy (non-hydrogen) atoms. The van der Waals surface area contributed by atoms with Crippen LogP contribution in [0, 0.1) is 0 Å². The quantitative estimate of drug-likeness (QED) is 0.906. The number of rotatable bonds is 4. The van der Waals surface area contributed by atoms with E-state index in [-0.39, 0.29) is 5.91 Å². The van der Waals surface area contributed by atoms with Crippen LogP contribution >= 0.6 is 23.2 Å². The van der Waals surface area contributed by atoms with Gasteiger partial charge in [-0.15, -0.1) is 0 Å². The van der Waals surface area contributed by atoms with Gasteiger partial charge in [-0.25, -0.2) is 0 Å². The molecule has 3 rings (SSSR count). The van der Waals surface area contributed by atoms with E-state index in [0.29, 0.717) is 28.5 Å². The van der Waals surface area contributed by atoms with Gasteiger partial charge in [0.2, 0.25) is 5.91 Å². The Balaban J connectivity index is 1.57. The van der Waals surface area contributed by atoms with Crippen molar-refractivity contribution in [1.82, 2.24) is 10.2 Å². The van der Waals surface area contributed by atoms with Crippen molar-refractivity contribution in [2.45, 2.75) is 50.6 Å². The second-order valence-electron chi connectivity index (χ2n) is 6.34. The molecule has 2 aliphatic rings. The molecule has 0 bridgehead atoms. The molecule has 0 radical (unpaired) electrons. The molecule has 1 heterocycles. The standard InChI is InChI=1S/C17H22Cl2N2O/c18-13-7-6-12(10-14(13)19)11-17(22)20-15-4-3-5-16(15)21-8-1-2-9-21/h6-7,10,15-16H,1-5,8-9,11H2,(H,20,22)/t15-,16+/m1/s1. The van der Waals surface area contributed by atoms with Crippen molar-refractivity contribution < 1.29 is 4.79 Å². The number of hydrogen-bond acceptors (Lipinski definition) is 2. The molecule has 1 aliphatic heterocycles. The van der Waals surface area contributed by atoms with E-state index in [1.54, 1.807) is 12.1 Å². The number of carbonyl (C=O) groups excluding carboxylic acids is 1. The first-order chi connectivity index (χ1) is 10.6. The summed E-state index contributed by atoms with van der Waals surface area (Å²) in [6.07, 6.45) is 6.45. The summed E-state index contributed by atoms with van der Waals surface area (Å²) in [6, 6.07) is 6.21. The van der Waals surface area contributed by atoms with E-state index in [4.69, 9.17) is 23.2 Å².